The quantitative estimate of drug-likeness (QED) is 0.534. The van der Waals surface area contributed by atoms with Gasteiger partial charge in [0.15, 0.2) is 0 Å². The fourth-order valence-electron chi connectivity index (χ4n) is 2.27. The molecule has 98 valence electrons. The number of hydrogen-bond acceptors (Lipinski definition) is 1. The monoisotopic (exact) mass is 326 g/mol. The van der Waals surface area contributed by atoms with Crippen molar-refractivity contribution in [2.24, 2.45) is 0 Å². The number of carbonyl (C=O) groups excluding carboxylic acids is 1. The number of ketones is 1. The summed E-state index contributed by atoms with van der Waals surface area (Å²) in [6.07, 6.45) is 0. The third kappa shape index (κ3) is 2.53. The fourth-order valence-corrected chi connectivity index (χ4v) is 4.40. The third-order valence-electron chi connectivity index (χ3n) is 3.22. The molecule has 0 bridgehead atoms. The SMILES string of the molecule is CC(=O)c1cc([Se]c2ccccc2)c2cccccc1-2. The van der Waals surface area contributed by atoms with Gasteiger partial charge in [-0.05, 0) is 0 Å². The van der Waals surface area contributed by atoms with Crippen LogP contribution in [0.3, 0.4) is 0 Å². The molecule has 0 saturated carbocycles. The van der Waals surface area contributed by atoms with E-state index in [9.17, 15) is 4.79 Å². The zero-order valence-corrected chi connectivity index (χ0v) is 12.9. The average Bonchev–Trinajstić information content (AvgIpc) is 2.63. The van der Waals surface area contributed by atoms with E-state index in [-0.39, 0.29) is 20.7 Å². The van der Waals surface area contributed by atoms with E-state index in [4.69, 9.17) is 0 Å². The minimum absolute atomic E-state index is 0.135. The van der Waals surface area contributed by atoms with Crippen molar-refractivity contribution in [1.82, 2.24) is 0 Å². The molecule has 0 atom stereocenters. The predicted octanol–water partition coefficient (Wildman–Crippen LogP) is 2.65. The second-order valence-electron chi connectivity index (χ2n) is 4.63. The van der Waals surface area contributed by atoms with Crippen LogP contribution >= 0.6 is 0 Å². The van der Waals surface area contributed by atoms with Crippen LogP contribution in [0.25, 0.3) is 11.1 Å². The molecule has 1 nitrogen and oxygen atoms in total. The van der Waals surface area contributed by atoms with Crippen LogP contribution in [0, 0.1) is 0 Å². The van der Waals surface area contributed by atoms with Gasteiger partial charge in [-0.1, -0.05) is 0 Å². The van der Waals surface area contributed by atoms with Crippen molar-refractivity contribution in [2.75, 3.05) is 0 Å². The molecule has 2 aliphatic rings. The molecular weight excluding hydrogens is 311 g/mol. The van der Waals surface area contributed by atoms with Crippen molar-refractivity contribution in [3.8, 4) is 11.1 Å². The van der Waals surface area contributed by atoms with E-state index < -0.39 is 0 Å². The van der Waals surface area contributed by atoms with Gasteiger partial charge in [0.2, 0.25) is 0 Å². The van der Waals surface area contributed by atoms with Crippen molar-refractivity contribution in [2.45, 2.75) is 6.92 Å². The summed E-state index contributed by atoms with van der Waals surface area (Å²) < 4.78 is 2.61. The van der Waals surface area contributed by atoms with Gasteiger partial charge in [0.05, 0.1) is 0 Å². The Morgan fingerprint density at radius 2 is 1.45 bits per heavy atom. The summed E-state index contributed by atoms with van der Waals surface area (Å²) in [4.78, 5) is 11.8. The van der Waals surface area contributed by atoms with E-state index in [2.05, 4.69) is 36.4 Å². The first-order chi connectivity index (χ1) is 9.75. The zero-order chi connectivity index (χ0) is 13.9. The van der Waals surface area contributed by atoms with E-state index >= 15 is 0 Å². The average molecular weight is 325 g/mol. The van der Waals surface area contributed by atoms with E-state index in [1.807, 2.05) is 30.3 Å². The predicted molar refractivity (Wildman–Crippen MR) is 84.5 cm³/mol. The van der Waals surface area contributed by atoms with E-state index in [1.54, 1.807) is 6.92 Å². The summed E-state index contributed by atoms with van der Waals surface area (Å²) in [5.74, 6) is 0.135. The number of carbonyl (C=O) groups is 1. The van der Waals surface area contributed by atoms with Gasteiger partial charge in [-0.3, -0.25) is 0 Å². The summed E-state index contributed by atoms with van der Waals surface area (Å²) in [7, 11) is 0. The standard InChI is InChI=1S/C18H14OSe/c1-13(19)17-12-18(20-14-8-4-2-5-9-14)16-11-7-3-6-10-15(16)17/h2-12H,1H3. The van der Waals surface area contributed by atoms with Crippen LogP contribution in [0.1, 0.15) is 17.3 Å². The van der Waals surface area contributed by atoms with Gasteiger partial charge < -0.3 is 0 Å². The van der Waals surface area contributed by atoms with Gasteiger partial charge in [0, 0.05) is 0 Å². The third-order valence-corrected chi connectivity index (χ3v) is 5.46. The summed E-state index contributed by atoms with van der Waals surface area (Å²) in [5, 5.41) is 0. The van der Waals surface area contributed by atoms with Crippen molar-refractivity contribution in [1.29, 1.82) is 0 Å². The normalized spacial score (nSPS) is 10.7. The Hall–Kier alpha value is -1.89. The molecule has 0 aromatic heterocycles. The molecule has 0 radical (unpaired) electrons. The molecule has 0 spiro atoms. The first-order valence-corrected chi connectivity index (χ1v) is 8.22. The summed E-state index contributed by atoms with van der Waals surface area (Å²) in [6.45, 7) is 1.64. The topological polar surface area (TPSA) is 17.1 Å². The summed E-state index contributed by atoms with van der Waals surface area (Å²) in [6, 6.07) is 22.7. The van der Waals surface area contributed by atoms with E-state index in [0.29, 0.717) is 0 Å². The number of hydrogen-bond donors (Lipinski definition) is 0. The maximum atomic E-state index is 11.8. The van der Waals surface area contributed by atoms with Crippen LogP contribution in [0.2, 0.25) is 0 Å². The van der Waals surface area contributed by atoms with Gasteiger partial charge in [-0.15, -0.1) is 0 Å². The number of benzene rings is 1. The molecule has 1 aromatic carbocycles. The number of Topliss-reactive ketones (excluding diaryl/α,β-unsaturated/α-hetero) is 1. The van der Waals surface area contributed by atoms with Gasteiger partial charge in [-0.2, -0.15) is 0 Å². The first-order valence-electron chi connectivity index (χ1n) is 6.51. The minimum atomic E-state index is 0.135. The van der Waals surface area contributed by atoms with Crippen molar-refractivity contribution in [3.63, 3.8) is 0 Å². The molecule has 0 saturated heterocycles. The van der Waals surface area contributed by atoms with Crippen LogP contribution in [0.15, 0.2) is 66.7 Å². The summed E-state index contributed by atoms with van der Waals surface area (Å²) >= 11 is 0.224. The van der Waals surface area contributed by atoms with Crippen LogP contribution in [0.5, 0.6) is 0 Å². The van der Waals surface area contributed by atoms with Crippen molar-refractivity contribution in [3.05, 3.63) is 72.3 Å². The van der Waals surface area contributed by atoms with Crippen LogP contribution in [-0.2, 0) is 0 Å². The van der Waals surface area contributed by atoms with Crippen molar-refractivity contribution >= 4 is 29.7 Å². The molecule has 2 heteroatoms. The Balaban J connectivity index is 2.10. The molecule has 2 aliphatic carbocycles. The summed E-state index contributed by atoms with van der Waals surface area (Å²) in [5.41, 5.74) is 3.10. The molecule has 0 amide bonds. The first kappa shape index (κ1) is 13.1. The second-order valence-corrected chi connectivity index (χ2v) is 6.97. The molecule has 20 heavy (non-hydrogen) atoms. The molecule has 0 unspecified atom stereocenters. The molecule has 0 aliphatic heterocycles. The van der Waals surface area contributed by atoms with Crippen LogP contribution < -0.4 is 8.92 Å². The molecule has 0 heterocycles. The van der Waals surface area contributed by atoms with Gasteiger partial charge in [0.1, 0.15) is 0 Å². The Labute approximate surface area is 125 Å². The second kappa shape index (κ2) is 5.62. The Bertz CT molecular complexity index is 719. The molecule has 3 rings (SSSR count). The number of rotatable bonds is 3. The Morgan fingerprint density at radius 3 is 2.10 bits per heavy atom. The van der Waals surface area contributed by atoms with Crippen LogP contribution in [0.4, 0.5) is 0 Å². The van der Waals surface area contributed by atoms with E-state index in [1.165, 1.54) is 14.5 Å². The Kier molecular flexibility index (Phi) is 3.68. The number of fused-ring (bicyclic) bond motifs is 1. The molecule has 0 N–H and O–H groups in total. The molecule has 1 aromatic rings. The van der Waals surface area contributed by atoms with Crippen molar-refractivity contribution < 1.29 is 4.79 Å². The zero-order valence-electron chi connectivity index (χ0n) is 11.2. The maximum absolute atomic E-state index is 11.8. The fraction of sp³-hybridized carbons (Fsp3) is 0.0556. The molecular formula is C18H14OSe. The van der Waals surface area contributed by atoms with Gasteiger partial charge >= 0.3 is 125 Å². The van der Waals surface area contributed by atoms with Gasteiger partial charge in [-0.25, -0.2) is 0 Å². The van der Waals surface area contributed by atoms with Crippen LogP contribution in [-0.4, -0.2) is 20.7 Å². The van der Waals surface area contributed by atoms with Gasteiger partial charge in [0.25, 0.3) is 0 Å². The Morgan fingerprint density at radius 1 is 0.850 bits per heavy atom. The molecule has 0 fully saturated rings. The van der Waals surface area contributed by atoms with E-state index in [0.717, 1.165) is 11.1 Å².